The molecule has 0 unspecified atom stereocenters. The Balaban J connectivity index is 0.00000264. The number of piperidine rings is 1. The van der Waals surface area contributed by atoms with Crippen LogP contribution in [0.4, 0.5) is 0 Å². The van der Waals surface area contributed by atoms with Crippen LogP contribution >= 0.6 is 12.4 Å². The number of rotatable bonds is 6. The van der Waals surface area contributed by atoms with Crippen molar-refractivity contribution in [2.75, 3.05) is 34.4 Å². The molecule has 0 saturated carbocycles. The minimum Gasteiger partial charge on any atom is -0.496 e. The molecular weight excluding hydrogens is 320 g/mol. The molecule has 1 heterocycles. The molecule has 2 N–H and O–H groups in total. The Morgan fingerprint density at radius 1 is 1.17 bits per heavy atom. The molecule has 6 nitrogen and oxygen atoms in total. The van der Waals surface area contributed by atoms with Crippen molar-refractivity contribution in [2.24, 2.45) is 5.92 Å². The average molecular weight is 345 g/mol. The number of halogens is 1. The minimum atomic E-state index is 0. The van der Waals surface area contributed by atoms with Gasteiger partial charge in [0.25, 0.3) is 0 Å². The van der Waals surface area contributed by atoms with Gasteiger partial charge in [-0.1, -0.05) is 0 Å². The maximum Gasteiger partial charge on any atom is 0.224 e. The van der Waals surface area contributed by atoms with Crippen molar-refractivity contribution in [2.45, 2.75) is 19.4 Å². The van der Waals surface area contributed by atoms with Gasteiger partial charge in [0.2, 0.25) is 5.91 Å². The number of carbonyl (C=O) groups is 1. The van der Waals surface area contributed by atoms with E-state index in [1.165, 1.54) is 0 Å². The van der Waals surface area contributed by atoms with E-state index < -0.39 is 0 Å². The lowest BCUT2D eigenvalue weighted by atomic mass is 9.99. The Hall–Kier alpha value is -1.66. The zero-order valence-electron chi connectivity index (χ0n) is 13.8. The summed E-state index contributed by atoms with van der Waals surface area (Å²) in [5.74, 6) is 2.00. The fraction of sp³-hybridized carbons (Fsp3) is 0.562. The summed E-state index contributed by atoms with van der Waals surface area (Å²) in [6.45, 7) is 2.14. The fourth-order valence-corrected chi connectivity index (χ4v) is 2.63. The standard InChI is InChI=1S/C16H24N2O4.ClH/c1-20-13-8-15(22-3)14(21-2)7-12(13)10-18-16(19)11-5-4-6-17-9-11;/h7-8,11,17H,4-6,9-10H2,1-3H3,(H,18,19);1H/t11-;/m1./s1. The van der Waals surface area contributed by atoms with Gasteiger partial charge in [-0.3, -0.25) is 4.79 Å². The number of methoxy groups -OCH3 is 3. The highest BCUT2D eigenvalue weighted by Gasteiger charge is 2.21. The summed E-state index contributed by atoms with van der Waals surface area (Å²) in [5.41, 5.74) is 0.859. The SMILES string of the molecule is COc1cc(OC)c(OC)cc1CNC(=O)[C@@H]1CCCNC1.Cl. The summed E-state index contributed by atoms with van der Waals surface area (Å²) in [6, 6.07) is 3.60. The molecule has 1 saturated heterocycles. The minimum absolute atomic E-state index is 0. The Morgan fingerprint density at radius 3 is 2.39 bits per heavy atom. The molecular formula is C16H25ClN2O4. The first-order valence-corrected chi connectivity index (χ1v) is 7.47. The van der Waals surface area contributed by atoms with Crippen molar-refractivity contribution in [3.8, 4) is 17.2 Å². The Kier molecular flexibility index (Phi) is 7.98. The van der Waals surface area contributed by atoms with Crippen molar-refractivity contribution >= 4 is 18.3 Å². The highest BCUT2D eigenvalue weighted by atomic mass is 35.5. The molecule has 1 aromatic rings. The van der Waals surface area contributed by atoms with E-state index in [4.69, 9.17) is 14.2 Å². The van der Waals surface area contributed by atoms with Crippen molar-refractivity contribution < 1.29 is 19.0 Å². The molecule has 1 aromatic carbocycles. The molecule has 23 heavy (non-hydrogen) atoms. The molecule has 1 aliphatic rings. The van der Waals surface area contributed by atoms with Gasteiger partial charge in [-0.05, 0) is 25.5 Å². The molecule has 1 atom stereocenters. The van der Waals surface area contributed by atoms with Gasteiger partial charge in [-0.25, -0.2) is 0 Å². The van der Waals surface area contributed by atoms with Crippen LogP contribution in [0.2, 0.25) is 0 Å². The fourth-order valence-electron chi connectivity index (χ4n) is 2.63. The van der Waals surface area contributed by atoms with Crippen LogP contribution < -0.4 is 24.8 Å². The van der Waals surface area contributed by atoms with E-state index >= 15 is 0 Å². The second kappa shape index (κ2) is 9.47. The van der Waals surface area contributed by atoms with E-state index in [0.717, 1.165) is 31.5 Å². The molecule has 130 valence electrons. The molecule has 0 aliphatic carbocycles. The average Bonchev–Trinajstić information content (AvgIpc) is 2.59. The normalized spacial score (nSPS) is 16.9. The quantitative estimate of drug-likeness (QED) is 0.823. The predicted octanol–water partition coefficient (Wildman–Crippen LogP) is 1.75. The number of hydrogen-bond acceptors (Lipinski definition) is 5. The molecule has 2 rings (SSSR count). The van der Waals surface area contributed by atoms with Crippen LogP contribution in [0, 0.1) is 5.92 Å². The first-order valence-electron chi connectivity index (χ1n) is 7.47. The third-order valence-corrected chi connectivity index (χ3v) is 3.91. The van der Waals surface area contributed by atoms with Crippen LogP contribution in [0.3, 0.4) is 0 Å². The molecule has 0 radical (unpaired) electrons. The lowest BCUT2D eigenvalue weighted by molar-refractivity contribution is -0.125. The number of nitrogens with one attached hydrogen (secondary N) is 2. The molecule has 1 aliphatic heterocycles. The first-order chi connectivity index (χ1) is 10.7. The van der Waals surface area contributed by atoms with E-state index in [0.29, 0.717) is 23.8 Å². The van der Waals surface area contributed by atoms with Crippen LogP contribution in [0.5, 0.6) is 17.2 Å². The van der Waals surface area contributed by atoms with Crippen LogP contribution in [-0.2, 0) is 11.3 Å². The van der Waals surface area contributed by atoms with Gasteiger partial charge in [-0.15, -0.1) is 12.4 Å². The number of amides is 1. The Bertz CT molecular complexity index is 519. The van der Waals surface area contributed by atoms with Crippen LogP contribution in [0.25, 0.3) is 0 Å². The summed E-state index contributed by atoms with van der Waals surface area (Å²) >= 11 is 0. The van der Waals surface area contributed by atoms with Gasteiger partial charge in [0.05, 0.1) is 27.2 Å². The highest BCUT2D eigenvalue weighted by molar-refractivity contribution is 5.85. The topological polar surface area (TPSA) is 68.8 Å². The smallest absolute Gasteiger partial charge is 0.224 e. The highest BCUT2D eigenvalue weighted by Crippen LogP contribution is 2.34. The van der Waals surface area contributed by atoms with E-state index in [1.54, 1.807) is 27.4 Å². The molecule has 1 amide bonds. The third kappa shape index (κ3) is 4.91. The summed E-state index contributed by atoms with van der Waals surface area (Å²) in [4.78, 5) is 12.2. The number of benzene rings is 1. The van der Waals surface area contributed by atoms with E-state index in [1.807, 2.05) is 6.07 Å². The summed E-state index contributed by atoms with van der Waals surface area (Å²) in [5, 5.41) is 6.22. The van der Waals surface area contributed by atoms with Gasteiger partial charge in [-0.2, -0.15) is 0 Å². The number of hydrogen-bond donors (Lipinski definition) is 2. The summed E-state index contributed by atoms with van der Waals surface area (Å²) in [7, 11) is 4.76. The molecule has 7 heteroatoms. The van der Waals surface area contributed by atoms with Crippen LogP contribution in [-0.4, -0.2) is 40.3 Å². The van der Waals surface area contributed by atoms with Crippen molar-refractivity contribution in [1.82, 2.24) is 10.6 Å². The van der Waals surface area contributed by atoms with Gasteiger partial charge in [0.15, 0.2) is 11.5 Å². The molecule has 0 bridgehead atoms. The van der Waals surface area contributed by atoms with Crippen LogP contribution in [0.15, 0.2) is 12.1 Å². The Morgan fingerprint density at radius 2 is 1.83 bits per heavy atom. The predicted molar refractivity (Wildman–Crippen MR) is 90.8 cm³/mol. The van der Waals surface area contributed by atoms with E-state index in [-0.39, 0.29) is 24.2 Å². The second-order valence-electron chi connectivity index (χ2n) is 5.28. The monoisotopic (exact) mass is 344 g/mol. The first kappa shape index (κ1) is 19.4. The number of ether oxygens (including phenoxy) is 3. The maximum atomic E-state index is 12.2. The zero-order chi connectivity index (χ0) is 15.9. The van der Waals surface area contributed by atoms with Gasteiger partial charge in [0.1, 0.15) is 5.75 Å². The van der Waals surface area contributed by atoms with Gasteiger partial charge >= 0.3 is 0 Å². The summed E-state index contributed by atoms with van der Waals surface area (Å²) in [6.07, 6.45) is 1.97. The van der Waals surface area contributed by atoms with Crippen molar-refractivity contribution in [3.05, 3.63) is 17.7 Å². The second-order valence-corrected chi connectivity index (χ2v) is 5.28. The largest absolute Gasteiger partial charge is 0.496 e. The van der Waals surface area contributed by atoms with Crippen LogP contribution in [0.1, 0.15) is 18.4 Å². The van der Waals surface area contributed by atoms with E-state index in [2.05, 4.69) is 10.6 Å². The molecule has 1 fully saturated rings. The van der Waals surface area contributed by atoms with Crippen molar-refractivity contribution in [3.63, 3.8) is 0 Å². The third-order valence-electron chi connectivity index (χ3n) is 3.91. The van der Waals surface area contributed by atoms with Crippen molar-refractivity contribution in [1.29, 1.82) is 0 Å². The number of carbonyl (C=O) groups excluding carboxylic acids is 1. The molecule has 0 aromatic heterocycles. The Labute approximate surface area is 143 Å². The lowest BCUT2D eigenvalue weighted by Gasteiger charge is -2.22. The maximum absolute atomic E-state index is 12.2. The summed E-state index contributed by atoms with van der Waals surface area (Å²) < 4.78 is 15.9. The van der Waals surface area contributed by atoms with Gasteiger partial charge < -0.3 is 24.8 Å². The molecule has 0 spiro atoms. The van der Waals surface area contributed by atoms with Gasteiger partial charge in [0, 0.05) is 24.7 Å². The zero-order valence-corrected chi connectivity index (χ0v) is 14.6. The van der Waals surface area contributed by atoms with E-state index in [9.17, 15) is 4.79 Å². The lowest BCUT2D eigenvalue weighted by Crippen LogP contribution is -2.40.